The number of likely N-dealkylation sites (tertiary alicyclic amines) is 1. The molecule has 0 spiro atoms. The first-order valence-corrected chi connectivity index (χ1v) is 5.84. The molecule has 0 radical (unpaired) electrons. The summed E-state index contributed by atoms with van der Waals surface area (Å²) in [5.74, 6) is -0.137. The minimum Gasteiger partial charge on any atom is -0.395 e. The Morgan fingerprint density at radius 3 is 2.88 bits per heavy atom. The molecule has 1 aromatic rings. The highest BCUT2D eigenvalue weighted by Gasteiger charge is 2.29. The Hall–Kier alpha value is -1.56. The Balaban J connectivity index is 2.30. The molecule has 1 aliphatic heterocycles. The Morgan fingerprint density at radius 2 is 2.35 bits per heavy atom. The lowest BCUT2D eigenvalue weighted by atomic mass is 10.2. The van der Waals surface area contributed by atoms with Crippen molar-refractivity contribution in [2.75, 3.05) is 18.8 Å². The summed E-state index contributed by atoms with van der Waals surface area (Å²) in [6.45, 7) is 5.27. The fourth-order valence-corrected chi connectivity index (χ4v) is 2.13. The third-order valence-corrected chi connectivity index (χ3v) is 3.13. The van der Waals surface area contributed by atoms with Gasteiger partial charge >= 0.3 is 0 Å². The van der Waals surface area contributed by atoms with E-state index in [0.717, 1.165) is 0 Å². The van der Waals surface area contributed by atoms with Crippen molar-refractivity contribution in [3.05, 3.63) is 11.4 Å². The molecular weight excluding hydrogens is 220 g/mol. The lowest BCUT2D eigenvalue weighted by Crippen LogP contribution is -2.32. The Morgan fingerprint density at radius 1 is 1.65 bits per heavy atom. The molecule has 0 aliphatic carbocycles. The number of nitrogen functional groups attached to an aromatic ring is 1. The van der Waals surface area contributed by atoms with E-state index in [1.807, 2.05) is 6.92 Å². The van der Waals surface area contributed by atoms with Gasteiger partial charge in [-0.1, -0.05) is 0 Å². The average molecular weight is 238 g/mol. The first-order chi connectivity index (χ1) is 8.04. The number of carbonyl (C=O) groups is 1. The number of amides is 1. The number of carbonyl (C=O) groups excluding carboxylic acids is 1. The number of rotatable bonds is 2. The zero-order chi connectivity index (χ0) is 12.6. The van der Waals surface area contributed by atoms with Crippen LogP contribution in [0.4, 0.5) is 5.69 Å². The number of hydrogen-bond acceptors (Lipinski definition) is 4. The van der Waals surface area contributed by atoms with Gasteiger partial charge in [-0.2, -0.15) is 5.10 Å². The zero-order valence-corrected chi connectivity index (χ0v) is 10.2. The van der Waals surface area contributed by atoms with E-state index in [9.17, 15) is 9.90 Å². The smallest absolute Gasteiger partial charge is 0.274 e. The molecule has 1 aromatic heterocycles. The second-order valence-corrected chi connectivity index (χ2v) is 4.36. The number of aromatic nitrogens is 2. The van der Waals surface area contributed by atoms with E-state index in [-0.39, 0.29) is 5.91 Å². The van der Waals surface area contributed by atoms with Crippen molar-refractivity contribution >= 4 is 11.6 Å². The molecule has 6 heteroatoms. The molecule has 1 saturated heterocycles. The predicted molar refractivity (Wildman–Crippen MR) is 63.6 cm³/mol. The van der Waals surface area contributed by atoms with E-state index in [1.165, 1.54) is 0 Å². The lowest BCUT2D eigenvalue weighted by Gasteiger charge is -2.16. The van der Waals surface area contributed by atoms with Crippen molar-refractivity contribution in [3.63, 3.8) is 0 Å². The van der Waals surface area contributed by atoms with Crippen molar-refractivity contribution in [1.82, 2.24) is 14.7 Å². The van der Waals surface area contributed by atoms with Crippen molar-refractivity contribution < 1.29 is 9.90 Å². The third-order valence-electron chi connectivity index (χ3n) is 3.13. The molecule has 2 rings (SSSR count). The van der Waals surface area contributed by atoms with Crippen LogP contribution in [0.1, 0.15) is 29.5 Å². The first-order valence-electron chi connectivity index (χ1n) is 5.84. The van der Waals surface area contributed by atoms with Crippen LogP contribution in [-0.4, -0.2) is 44.9 Å². The SMILES string of the molecule is CCn1nc(C)c(N)c1C(=O)N1CCC(O)C1. The van der Waals surface area contributed by atoms with Crippen LogP contribution in [0.2, 0.25) is 0 Å². The summed E-state index contributed by atoms with van der Waals surface area (Å²) in [6, 6.07) is 0. The van der Waals surface area contributed by atoms with Gasteiger partial charge in [-0.05, 0) is 20.3 Å². The molecule has 1 fully saturated rings. The Kier molecular flexibility index (Phi) is 3.06. The number of aliphatic hydroxyl groups excluding tert-OH is 1. The van der Waals surface area contributed by atoms with Crippen molar-refractivity contribution in [2.24, 2.45) is 0 Å². The second-order valence-electron chi connectivity index (χ2n) is 4.36. The molecule has 94 valence electrons. The standard InChI is InChI=1S/C11H18N4O2/c1-3-15-10(9(12)7(2)13-15)11(17)14-5-4-8(16)6-14/h8,16H,3-6,12H2,1-2H3. The quantitative estimate of drug-likeness (QED) is 0.759. The van der Waals surface area contributed by atoms with Gasteiger partial charge in [0.2, 0.25) is 0 Å². The molecule has 0 aromatic carbocycles. The molecule has 2 heterocycles. The Labute approximate surface area is 100 Å². The van der Waals surface area contributed by atoms with Gasteiger partial charge < -0.3 is 15.7 Å². The van der Waals surface area contributed by atoms with E-state index in [2.05, 4.69) is 5.10 Å². The Bertz CT molecular complexity index is 441. The summed E-state index contributed by atoms with van der Waals surface area (Å²) in [7, 11) is 0. The van der Waals surface area contributed by atoms with Gasteiger partial charge in [0, 0.05) is 19.6 Å². The van der Waals surface area contributed by atoms with Crippen molar-refractivity contribution in [2.45, 2.75) is 32.9 Å². The predicted octanol–water partition coefficient (Wildman–Crippen LogP) is 0.000420. The minimum atomic E-state index is -0.417. The molecule has 0 bridgehead atoms. The number of aliphatic hydroxyl groups is 1. The minimum absolute atomic E-state index is 0.137. The summed E-state index contributed by atoms with van der Waals surface area (Å²) >= 11 is 0. The van der Waals surface area contributed by atoms with Gasteiger partial charge in [-0.3, -0.25) is 9.48 Å². The number of hydrogen-bond donors (Lipinski definition) is 2. The average Bonchev–Trinajstić information content (AvgIpc) is 2.84. The molecule has 1 unspecified atom stereocenters. The largest absolute Gasteiger partial charge is 0.395 e. The van der Waals surface area contributed by atoms with Crippen molar-refractivity contribution in [1.29, 1.82) is 0 Å². The van der Waals surface area contributed by atoms with Gasteiger partial charge in [-0.15, -0.1) is 0 Å². The number of nitrogens with zero attached hydrogens (tertiary/aromatic N) is 3. The van der Waals surface area contributed by atoms with Crippen molar-refractivity contribution in [3.8, 4) is 0 Å². The van der Waals surface area contributed by atoms with Crippen LogP contribution in [0.3, 0.4) is 0 Å². The summed E-state index contributed by atoms with van der Waals surface area (Å²) in [4.78, 5) is 13.9. The molecule has 6 nitrogen and oxygen atoms in total. The summed E-state index contributed by atoms with van der Waals surface area (Å²) in [5, 5.41) is 13.7. The van der Waals surface area contributed by atoms with Crippen LogP contribution in [-0.2, 0) is 6.54 Å². The van der Waals surface area contributed by atoms with Crippen LogP contribution in [0, 0.1) is 6.92 Å². The number of β-amino-alcohol motifs (C(OH)–C–C–N with tert-alkyl or cyclic N) is 1. The van der Waals surface area contributed by atoms with Crippen LogP contribution >= 0.6 is 0 Å². The van der Waals surface area contributed by atoms with Crippen LogP contribution in [0.15, 0.2) is 0 Å². The maximum absolute atomic E-state index is 12.3. The second kappa shape index (κ2) is 4.37. The highest BCUT2D eigenvalue weighted by molar-refractivity contribution is 5.98. The molecule has 1 amide bonds. The molecule has 1 aliphatic rings. The van der Waals surface area contributed by atoms with Crippen LogP contribution in [0.5, 0.6) is 0 Å². The topological polar surface area (TPSA) is 84.4 Å². The van der Waals surface area contributed by atoms with E-state index in [1.54, 1.807) is 16.5 Å². The van der Waals surface area contributed by atoms with Crippen LogP contribution in [0.25, 0.3) is 0 Å². The summed E-state index contributed by atoms with van der Waals surface area (Å²) < 4.78 is 1.62. The van der Waals surface area contributed by atoms with Gasteiger partial charge in [-0.25, -0.2) is 0 Å². The number of nitrogens with two attached hydrogens (primary N) is 1. The fraction of sp³-hybridized carbons (Fsp3) is 0.636. The zero-order valence-electron chi connectivity index (χ0n) is 10.2. The fourth-order valence-electron chi connectivity index (χ4n) is 2.13. The summed E-state index contributed by atoms with van der Waals surface area (Å²) in [6.07, 6.45) is 0.213. The maximum atomic E-state index is 12.3. The lowest BCUT2D eigenvalue weighted by molar-refractivity contribution is 0.0754. The van der Waals surface area contributed by atoms with E-state index in [4.69, 9.17) is 5.73 Å². The molecule has 17 heavy (non-hydrogen) atoms. The highest BCUT2D eigenvalue weighted by atomic mass is 16.3. The van der Waals surface area contributed by atoms with Crippen LogP contribution < -0.4 is 5.73 Å². The van der Waals surface area contributed by atoms with Gasteiger partial charge in [0.05, 0.1) is 17.5 Å². The normalized spacial score (nSPS) is 19.9. The van der Waals surface area contributed by atoms with E-state index in [0.29, 0.717) is 43.1 Å². The van der Waals surface area contributed by atoms with E-state index >= 15 is 0 Å². The molecular formula is C11H18N4O2. The monoisotopic (exact) mass is 238 g/mol. The van der Waals surface area contributed by atoms with E-state index < -0.39 is 6.10 Å². The number of aryl methyl sites for hydroxylation is 2. The van der Waals surface area contributed by atoms with Gasteiger partial charge in [0.1, 0.15) is 5.69 Å². The number of anilines is 1. The highest BCUT2D eigenvalue weighted by Crippen LogP contribution is 2.20. The maximum Gasteiger partial charge on any atom is 0.274 e. The first kappa shape index (κ1) is 11.9. The third kappa shape index (κ3) is 2.00. The molecule has 3 N–H and O–H groups in total. The van der Waals surface area contributed by atoms with Gasteiger partial charge in [0.15, 0.2) is 0 Å². The molecule has 0 saturated carbocycles. The molecule has 1 atom stereocenters. The summed E-state index contributed by atoms with van der Waals surface area (Å²) in [5.41, 5.74) is 7.45. The van der Waals surface area contributed by atoms with Gasteiger partial charge in [0.25, 0.3) is 5.91 Å².